The summed E-state index contributed by atoms with van der Waals surface area (Å²) in [5.41, 5.74) is 0.217. The smallest absolute Gasteiger partial charge is 0.272 e. The van der Waals surface area contributed by atoms with Crippen LogP contribution in [0.5, 0.6) is 0 Å². The number of nitrogens with one attached hydrogen (secondary N) is 1. The van der Waals surface area contributed by atoms with Gasteiger partial charge in [0.2, 0.25) is 0 Å². The lowest BCUT2D eigenvalue weighted by atomic mass is 10.1. The summed E-state index contributed by atoms with van der Waals surface area (Å²) in [6.07, 6.45) is -0.492. The number of hydrogen-bond acceptors (Lipinski definition) is 4. The first-order chi connectivity index (χ1) is 8.40. The molecule has 0 saturated carbocycles. The van der Waals surface area contributed by atoms with Gasteiger partial charge in [0.1, 0.15) is 5.82 Å². The maximum absolute atomic E-state index is 13.1. The zero-order valence-electron chi connectivity index (χ0n) is 10.4. The Kier molecular flexibility index (Phi) is 5.18. The zero-order chi connectivity index (χ0) is 13.7. The van der Waals surface area contributed by atoms with Gasteiger partial charge in [0.05, 0.1) is 17.1 Å². The van der Waals surface area contributed by atoms with Gasteiger partial charge < -0.3 is 10.4 Å². The summed E-state index contributed by atoms with van der Waals surface area (Å²) < 4.78 is 13.1. The molecule has 0 heterocycles. The second-order valence-corrected chi connectivity index (χ2v) is 4.52. The minimum Gasteiger partial charge on any atom is -0.392 e. The average Bonchev–Trinajstić information content (AvgIpc) is 2.27. The molecule has 0 aliphatic heterocycles. The number of nitro benzene ring substituents is 1. The average molecular weight is 256 g/mol. The van der Waals surface area contributed by atoms with Crippen LogP contribution in [0.25, 0.3) is 0 Å². The van der Waals surface area contributed by atoms with Crippen molar-refractivity contribution in [3.8, 4) is 0 Å². The number of aliphatic hydroxyl groups is 1. The van der Waals surface area contributed by atoms with Crippen LogP contribution in [0.4, 0.5) is 10.1 Å². The fourth-order valence-corrected chi connectivity index (χ4v) is 1.44. The molecule has 1 unspecified atom stereocenters. The van der Waals surface area contributed by atoms with Gasteiger partial charge >= 0.3 is 0 Å². The molecule has 0 radical (unpaired) electrons. The van der Waals surface area contributed by atoms with Crippen molar-refractivity contribution in [1.29, 1.82) is 0 Å². The Labute approximate surface area is 105 Å². The zero-order valence-corrected chi connectivity index (χ0v) is 10.4. The molecule has 5 nitrogen and oxygen atoms in total. The van der Waals surface area contributed by atoms with Crippen molar-refractivity contribution in [3.63, 3.8) is 0 Å². The summed E-state index contributed by atoms with van der Waals surface area (Å²) in [5.74, 6) is -0.509. The van der Waals surface area contributed by atoms with Crippen LogP contribution in [0.3, 0.4) is 0 Å². The standard InChI is InChI=1S/C12H17FN2O3/c1-8(2)12(16)7-14-6-9-3-10(13)5-11(4-9)15(17)18/h3-5,8,12,14,16H,6-7H2,1-2H3. The molecule has 1 atom stereocenters. The van der Waals surface area contributed by atoms with Crippen molar-refractivity contribution in [2.45, 2.75) is 26.5 Å². The Bertz CT molecular complexity index is 424. The molecule has 1 aromatic carbocycles. The van der Waals surface area contributed by atoms with Crippen LogP contribution in [0.2, 0.25) is 0 Å². The van der Waals surface area contributed by atoms with E-state index in [0.29, 0.717) is 12.1 Å². The van der Waals surface area contributed by atoms with E-state index in [1.54, 1.807) is 0 Å². The predicted octanol–water partition coefficient (Wildman–Crippen LogP) is 1.84. The molecule has 18 heavy (non-hydrogen) atoms. The summed E-state index contributed by atoms with van der Waals surface area (Å²) in [6.45, 7) is 4.42. The molecule has 100 valence electrons. The topological polar surface area (TPSA) is 75.4 Å². The SMILES string of the molecule is CC(C)C(O)CNCc1cc(F)cc([N+](=O)[O-])c1. The fourth-order valence-electron chi connectivity index (χ4n) is 1.44. The van der Waals surface area contributed by atoms with E-state index in [9.17, 15) is 19.6 Å². The van der Waals surface area contributed by atoms with Crippen molar-refractivity contribution >= 4 is 5.69 Å². The molecule has 0 aromatic heterocycles. The van der Waals surface area contributed by atoms with Crippen LogP contribution in [-0.2, 0) is 6.54 Å². The monoisotopic (exact) mass is 256 g/mol. The van der Waals surface area contributed by atoms with E-state index in [-0.39, 0.29) is 18.2 Å². The highest BCUT2D eigenvalue weighted by molar-refractivity contribution is 5.35. The first-order valence-corrected chi connectivity index (χ1v) is 5.72. The molecule has 0 saturated heterocycles. The first-order valence-electron chi connectivity index (χ1n) is 5.72. The first kappa shape index (κ1) is 14.5. The lowest BCUT2D eigenvalue weighted by Crippen LogP contribution is -2.30. The molecule has 6 heteroatoms. The fraction of sp³-hybridized carbons (Fsp3) is 0.500. The number of halogens is 1. The van der Waals surface area contributed by atoms with Crippen LogP contribution >= 0.6 is 0 Å². The number of benzene rings is 1. The van der Waals surface area contributed by atoms with E-state index in [1.807, 2.05) is 13.8 Å². The van der Waals surface area contributed by atoms with E-state index in [0.717, 1.165) is 6.07 Å². The molecule has 1 aromatic rings. The van der Waals surface area contributed by atoms with Crippen molar-refractivity contribution < 1.29 is 14.4 Å². The summed E-state index contributed by atoms with van der Waals surface area (Å²) in [5, 5.41) is 23.0. The number of hydrogen-bond donors (Lipinski definition) is 2. The van der Waals surface area contributed by atoms with E-state index in [4.69, 9.17) is 0 Å². The molecule has 0 amide bonds. The van der Waals surface area contributed by atoms with Gasteiger partial charge in [-0.25, -0.2) is 4.39 Å². The van der Waals surface area contributed by atoms with Gasteiger partial charge in [-0.15, -0.1) is 0 Å². The van der Waals surface area contributed by atoms with E-state index >= 15 is 0 Å². The maximum Gasteiger partial charge on any atom is 0.272 e. The highest BCUT2D eigenvalue weighted by atomic mass is 19.1. The van der Waals surface area contributed by atoms with Crippen molar-refractivity contribution in [2.24, 2.45) is 5.92 Å². The van der Waals surface area contributed by atoms with E-state index in [1.165, 1.54) is 12.1 Å². The van der Waals surface area contributed by atoms with Crippen molar-refractivity contribution in [3.05, 3.63) is 39.7 Å². The van der Waals surface area contributed by atoms with Crippen LogP contribution in [0.15, 0.2) is 18.2 Å². The van der Waals surface area contributed by atoms with Gasteiger partial charge in [0.15, 0.2) is 0 Å². The van der Waals surface area contributed by atoms with Crippen molar-refractivity contribution in [2.75, 3.05) is 6.54 Å². The second-order valence-electron chi connectivity index (χ2n) is 4.52. The molecule has 0 fully saturated rings. The highest BCUT2D eigenvalue weighted by Gasteiger charge is 2.11. The molecule has 2 N–H and O–H groups in total. The van der Waals surface area contributed by atoms with Gasteiger partial charge in [-0.05, 0) is 17.5 Å². The van der Waals surface area contributed by atoms with Gasteiger partial charge in [0, 0.05) is 19.2 Å². The third kappa shape index (κ3) is 4.38. The summed E-state index contributed by atoms with van der Waals surface area (Å²) in [6, 6.07) is 3.44. The normalized spacial score (nSPS) is 12.7. The Balaban J connectivity index is 2.60. The van der Waals surface area contributed by atoms with Crippen molar-refractivity contribution in [1.82, 2.24) is 5.32 Å². The van der Waals surface area contributed by atoms with E-state index in [2.05, 4.69) is 5.32 Å². The molecule has 0 aliphatic rings. The summed E-state index contributed by atoms with van der Waals surface area (Å²) >= 11 is 0. The Morgan fingerprint density at radius 2 is 2.11 bits per heavy atom. The van der Waals surface area contributed by atoms with Crippen LogP contribution < -0.4 is 5.32 Å². The Morgan fingerprint density at radius 3 is 2.67 bits per heavy atom. The predicted molar refractivity (Wildman–Crippen MR) is 65.6 cm³/mol. The molecular weight excluding hydrogens is 239 g/mol. The quantitative estimate of drug-likeness (QED) is 0.601. The Hall–Kier alpha value is -1.53. The van der Waals surface area contributed by atoms with Gasteiger partial charge in [-0.2, -0.15) is 0 Å². The third-order valence-electron chi connectivity index (χ3n) is 2.61. The molecule has 0 aliphatic carbocycles. The van der Waals surface area contributed by atoms with E-state index < -0.39 is 16.8 Å². The van der Waals surface area contributed by atoms with Crippen LogP contribution in [0.1, 0.15) is 19.4 Å². The Morgan fingerprint density at radius 1 is 1.44 bits per heavy atom. The number of rotatable bonds is 6. The maximum atomic E-state index is 13.1. The number of aliphatic hydroxyl groups excluding tert-OH is 1. The second kappa shape index (κ2) is 6.42. The number of non-ortho nitro benzene ring substituents is 1. The molecule has 0 spiro atoms. The van der Waals surface area contributed by atoms with Gasteiger partial charge in [-0.3, -0.25) is 10.1 Å². The molecule has 1 rings (SSSR count). The summed E-state index contributed by atoms with van der Waals surface area (Å²) in [4.78, 5) is 9.93. The minimum absolute atomic E-state index is 0.124. The van der Waals surface area contributed by atoms with Crippen LogP contribution in [-0.4, -0.2) is 22.7 Å². The summed E-state index contributed by atoms with van der Waals surface area (Å²) in [7, 11) is 0. The van der Waals surface area contributed by atoms with Gasteiger partial charge in [0.25, 0.3) is 5.69 Å². The molecule has 0 bridgehead atoms. The van der Waals surface area contributed by atoms with Gasteiger partial charge in [-0.1, -0.05) is 13.8 Å². The largest absolute Gasteiger partial charge is 0.392 e. The lowest BCUT2D eigenvalue weighted by Gasteiger charge is -2.15. The number of nitro groups is 1. The minimum atomic E-state index is -0.634. The number of nitrogens with zero attached hydrogens (tertiary/aromatic N) is 1. The lowest BCUT2D eigenvalue weighted by molar-refractivity contribution is -0.385. The molecular formula is C12H17FN2O3. The highest BCUT2D eigenvalue weighted by Crippen LogP contribution is 2.16. The van der Waals surface area contributed by atoms with Crippen LogP contribution in [0, 0.1) is 21.8 Å². The third-order valence-corrected chi connectivity index (χ3v) is 2.61.